The molecule has 0 spiro atoms. The Kier molecular flexibility index (Phi) is 4.36. The maximum atomic E-state index is 13.0. The molecule has 27 heavy (non-hydrogen) atoms. The second-order valence-electron chi connectivity index (χ2n) is 6.91. The summed E-state index contributed by atoms with van der Waals surface area (Å²) in [6, 6.07) is 20.0. The Hall–Kier alpha value is -3.21. The zero-order valence-corrected chi connectivity index (χ0v) is 15.8. The smallest absolute Gasteiger partial charge is 0.276 e. The van der Waals surface area contributed by atoms with Crippen molar-refractivity contribution < 1.29 is 4.79 Å². The normalized spacial score (nSPS) is 15.5. The van der Waals surface area contributed by atoms with Crippen LogP contribution in [0.3, 0.4) is 0 Å². The lowest BCUT2D eigenvalue weighted by molar-refractivity contribution is 0.0988. The molecular weight excluding hydrogens is 336 g/mol. The van der Waals surface area contributed by atoms with Crippen molar-refractivity contribution in [2.24, 2.45) is 0 Å². The number of fused-ring (bicyclic) bond motifs is 1. The lowest BCUT2D eigenvalue weighted by Crippen LogP contribution is -2.29. The molecule has 0 fully saturated rings. The number of rotatable bonds is 3. The number of anilines is 3. The van der Waals surface area contributed by atoms with Gasteiger partial charge in [0, 0.05) is 30.5 Å². The van der Waals surface area contributed by atoms with Gasteiger partial charge in [0.1, 0.15) is 17.3 Å². The molecule has 1 aromatic heterocycles. The summed E-state index contributed by atoms with van der Waals surface area (Å²) in [6.07, 6.45) is 0.965. The van der Waals surface area contributed by atoms with Crippen molar-refractivity contribution in [2.75, 3.05) is 16.8 Å². The molecule has 5 nitrogen and oxygen atoms in total. The third-order valence-electron chi connectivity index (χ3n) is 4.95. The molecule has 1 atom stereocenters. The first kappa shape index (κ1) is 17.2. The first-order valence-electron chi connectivity index (χ1n) is 9.10. The van der Waals surface area contributed by atoms with E-state index in [1.165, 1.54) is 5.56 Å². The number of benzene rings is 2. The number of aryl methyl sites for hydroxylation is 1. The highest BCUT2D eigenvalue weighted by Crippen LogP contribution is 2.37. The highest BCUT2D eigenvalue weighted by molar-refractivity contribution is 6.04. The number of aromatic nitrogens is 2. The Morgan fingerprint density at radius 3 is 2.56 bits per heavy atom. The van der Waals surface area contributed by atoms with Crippen molar-refractivity contribution in [1.29, 1.82) is 0 Å². The minimum Gasteiger partial charge on any atom is -0.323 e. The van der Waals surface area contributed by atoms with Gasteiger partial charge in [-0.3, -0.25) is 4.79 Å². The molecule has 2 heterocycles. The quantitative estimate of drug-likeness (QED) is 0.706. The second kappa shape index (κ2) is 6.83. The number of hydrogen-bond acceptors (Lipinski definition) is 4. The monoisotopic (exact) mass is 358 g/mol. The molecular formula is C22H22N4O. The molecule has 1 unspecified atom stereocenters. The van der Waals surface area contributed by atoms with E-state index in [0.29, 0.717) is 11.5 Å². The summed E-state index contributed by atoms with van der Waals surface area (Å²) in [6.45, 7) is 4.00. The van der Waals surface area contributed by atoms with Crippen LogP contribution in [0, 0.1) is 6.92 Å². The van der Waals surface area contributed by atoms with Crippen molar-refractivity contribution in [1.82, 2.24) is 9.97 Å². The molecule has 1 aliphatic heterocycles. The van der Waals surface area contributed by atoms with Crippen LogP contribution in [-0.4, -0.2) is 29.0 Å². The van der Waals surface area contributed by atoms with Crippen LogP contribution in [0.1, 0.15) is 28.8 Å². The molecule has 2 aromatic carbocycles. The molecule has 4 rings (SSSR count). The summed E-state index contributed by atoms with van der Waals surface area (Å²) < 4.78 is 0. The topological polar surface area (TPSA) is 49.3 Å². The molecule has 0 N–H and O–H groups in total. The Labute approximate surface area is 159 Å². The van der Waals surface area contributed by atoms with Crippen LogP contribution in [-0.2, 0) is 6.42 Å². The fraction of sp³-hybridized carbons (Fsp3) is 0.227. The van der Waals surface area contributed by atoms with Gasteiger partial charge < -0.3 is 9.80 Å². The van der Waals surface area contributed by atoms with Crippen molar-refractivity contribution in [3.05, 3.63) is 77.7 Å². The highest BCUT2D eigenvalue weighted by atomic mass is 16.2. The van der Waals surface area contributed by atoms with Crippen molar-refractivity contribution in [2.45, 2.75) is 26.3 Å². The molecule has 5 heteroatoms. The van der Waals surface area contributed by atoms with Gasteiger partial charge >= 0.3 is 0 Å². The van der Waals surface area contributed by atoms with Crippen LogP contribution in [0.25, 0.3) is 0 Å². The Bertz CT molecular complexity index is 987. The zero-order chi connectivity index (χ0) is 19.0. The van der Waals surface area contributed by atoms with E-state index in [1.807, 2.05) is 43.3 Å². The maximum absolute atomic E-state index is 13.0. The van der Waals surface area contributed by atoms with Crippen LogP contribution in [0.2, 0.25) is 0 Å². The largest absolute Gasteiger partial charge is 0.323 e. The van der Waals surface area contributed by atoms with Gasteiger partial charge in [0.05, 0.1) is 0 Å². The standard InChI is InChI=1S/C22H22N4O/c1-15-13-17-9-7-8-12-20(17)26(15)21-14-19(23-16(2)24-21)22(27)25(3)18-10-5-4-6-11-18/h4-12,14-15H,13H2,1-3H3. The van der Waals surface area contributed by atoms with Gasteiger partial charge in [0.25, 0.3) is 5.91 Å². The van der Waals surface area contributed by atoms with Crippen molar-refractivity contribution in [3.8, 4) is 0 Å². The second-order valence-corrected chi connectivity index (χ2v) is 6.91. The third kappa shape index (κ3) is 3.16. The average Bonchev–Trinajstić information content (AvgIpc) is 3.02. The molecule has 0 saturated heterocycles. The summed E-state index contributed by atoms with van der Waals surface area (Å²) in [5.41, 5.74) is 3.69. The Balaban J connectivity index is 1.71. The molecule has 1 amide bonds. The van der Waals surface area contributed by atoms with E-state index >= 15 is 0 Å². The minimum atomic E-state index is -0.145. The van der Waals surface area contributed by atoms with Crippen LogP contribution < -0.4 is 9.80 Å². The Morgan fingerprint density at radius 2 is 1.78 bits per heavy atom. The molecule has 136 valence electrons. The van der Waals surface area contributed by atoms with Gasteiger partial charge in [-0.05, 0) is 44.0 Å². The number of carbonyl (C=O) groups excluding carboxylic acids is 1. The van der Waals surface area contributed by atoms with E-state index in [1.54, 1.807) is 18.0 Å². The third-order valence-corrected chi connectivity index (χ3v) is 4.95. The summed E-state index contributed by atoms with van der Waals surface area (Å²) in [5.74, 6) is 1.21. The first-order valence-corrected chi connectivity index (χ1v) is 9.10. The number of carbonyl (C=O) groups is 1. The summed E-state index contributed by atoms with van der Waals surface area (Å²) in [4.78, 5) is 25.9. The van der Waals surface area contributed by atoms with Gasteiger partial charge in [0.2, 0.25) is 0 Å². The van der Waals surface area contributed by atoms with Gasteiger partial charge in [-0.15, -0.1) is 0 Å². The lowest BCUT2D eigenvalue weighted by atomic mass is 10.1. The van der Waals surface area contributed by atoms with E-state index in [9.17, 15) is 4.79 Å². The SMILES string of the molecule is Cc1nc(C(=O)N(C)c2ccccc2)cc(N2c3ccccc3CC2C)n1. The number of amides is 1. The predicted molar refractivity (Wildman–Crippen MR) is 108 cm³/mol. The van der Waals surface area contributed by atoms with E-state index in [2.05, 4.69) is 40.0 Å². The lowest BCUT2D eigenvalue weighted by Gasteiger charge is -2.25. The van der Waals surface area contributed by atoms with Crippen molar-refractivity contribution >= 4 is 23.1 Å². The predicted octanol–water partition coefficient (Wildman–Crippen LogP) is 4.14. The molecule has 0 radical (unpaired) electrons. The molecule has 1 aliphatic rings. The van der Waals surface area contributed by atoms with E-state index in [-0.39, 0.29) is 11.9 Å². The van der Waals surface area contributed by atoms with E-state index < -0.39 is 0 Å². The van der Waals surface area contributed by atoms with Crippen LogP contribution in [0.5, 0.6) is 0 Å². The van der Waals surface area contributed by atoms with Crippen LogP contribution in [0.15, 0.2) is 60.7 Å². The summed E-state index contributed by atoms with van der Waals surface area (Å²) in [7, 11) is 1.77. The minimum absolute atomic E-state index is 0.145. The van der Waals surface area contributed by atoms with Crippen LogP contribution in [0.4, 0.5) is 17.2 Å². The average molecular weight is 358 g/mol. The Morgan fingerprint density at radius 1 is 1.07 bits per heavy atom. The first-order chi connectivity index (χ1) is 13.0. The molecule has 3 aromatic rings. The highest BCUT2D eigenvalue weighted by Gasteiger charge is 2.29. The molecule has 0 saturated carbocycles. The molecule has 0 aliphatic carbocycles. The number of para-hydroxylation sites is 2. The molecule has 0 bridgehead atoms. The maximum Gasteiger partial charge on any atom is 0.276 e. The van der Waals surface area contributed by atoms with E-state index in [0.717, 1.165) is 23.6 Å². The van der Waals surface area contributed by atoms with Gasteiger partial charge in [-0.25, -0.2) is 9.97 Å². The zero-order valence-electron chi connectivity index (χ0n) is 15.8. The fourth-order valence-corrected chi connectivity index (χ4v) is 3.64. The van der Waals surface area contributed by atoms with E-state index in [4.69, 9.17) is 0 Å². The number of nitrogens with zero attached hydrogens (tertiary/aromatic N) is 4. The van der Waals surface area contributed by atoms with Crippen LogP contribution >= 0.6 is 0 Å². The van der Waals surface area contributed by atoms with Gasteiger partial charge in [-0.2, -0.15) is 0 Å². The van der Waals surface area contributed by atoms with Crippen molar-refractivity contribution in [3.63, 3.8) is 0 Å². The summed E-state index contributed by atoms with van der Waals surface area (Å²) in [5, 5.41) is 0. The fourth-order valence-electron chi connectivity index (χ4n) is 3.64. The van der Waals surface area contributed by atoms with Gasteiger partial charge in [-0.1, -0.05) is 36.4 Å². The van der Waals surface area contributed by atoms with Gasteiger partial charge in [0.15, 0.2) is 0 Å². The summed E-state index contributed by atoms with van der Waals surface area (Å²) >= 11 is 0. The number of hydrogen-bond donors (Lipinski definition) is 0.